The Kier molecular flexibility index (Phi) is 4.40. The molecule has 21 heavy (non-hydrogen) atoms. The van der Waals surface area contributed by atoms with Crippen LogP contribution < -0.4 is 11.1 Å². The first-order valence-corrected chi connectivity index (χ1v) is 8.87. The second kappa shape index (κ2) is 5.92. The van der Waals surface area contributed by atoms with Crippen LogP contribution >= 0.6 is 11.3 Å². The van der Waals surface area contributed by atoms with E-state index in [-0.39, 0.29) is 16.6 Å². The van der Waals surface area contributed by atoms with E-state index >= 15 is 0 Å². The van der Waals surface area contributed by atoms with Crippen LogP contribution in [0, 0.1) is 0 Å². The number of nitrogens with two attached hydrogens (primary N) is 1. The summed E-state index contributed by atoms with van der Waals surface area (Å²) in [5.74, 6) is -0.399. The number of carbonyl (C=O) groups is 1. The van der Waals surface area contributed by atoms with Gasteiger partial charge in [-0.05, 0) is 25.1 Å². The van der Waals surface area contributed by atoms with Crippen molar-refractivity contribution >= 4 is 32.8 Å². The third-order valence-corrected chi connectivity index (χ3v) is 4.82. The van der Waals surface area contributed by atoms with Crippen LogP contribution in [0.5, 0.6) is 0 Å². The van der Waals surface area contributed by atoms with Gasteiger partial charge in [0.1, 0.15) is 10.7 Å². The molecule has 1 atom stereocenters. The van der Waals surface area contributed by atoms with E-state index in [0.29, 0.717) is 10.7 Å². The molecule has 0 aliphatic carbocycles. The molecule has 1 aromatic heterocycles. The average molecular weight is 325 g/mol. The van der Waals surface area contributed by atoms with Gasteiger partial charge in [0, 0.05) is 17.3 Å². The fraction of sp³-hybridized carbons (Fsp3) is 0.231. The number of hydrogen-bond acceptors (Lipinski definition) is 6. The van der Waals surface area contributed by atoms with Crippen molar-refractivity contribution in [3.8, 4) is 0 Å². The molecule has 1 heterocycles. The summed E-state index contributed by atoms with van der Waals surface area (Å²) in [5, 5.41) is 4.91. The number of carbonyl (C=O) groups excluding carboxylic acids is 1. The number of nitrogens with zero attached hydrogens (tertiary/aromatic N) is 1. The fourth-order valence-electron chi connectivity index (χ4n) is 1.60. The molecule has 0 radical (unpaired) electrons. The molecular formula is C13H15N3O3S2. The van der Waals surface area contributed by atoms with Crippen molar-refractivity contribution in [2.45, 2.75) is 17.9 Å². The molecule has 1 amide bonds. The van der Waals surface area contributed by atoms with Crippen LogP contribution in [0.4, 0.5) is 5.69 Å². The van der Waals surface area contributed by atoms with E-state index in [2.05, 4.69) is 10.3 Å². The maximum Gasteiger partial charge on any atom is 0.275 e. The number of thiazole rings is 1. The van der Waals surface area contributed by atoms with Crippen molar-refractivity contribution in [3.63, 3.8) is 0 Å². The molecule has 0 aliphatic rings. The zero-order valence-electron chi connectivity index (χ0n) is 11.5. The van der Waals surface area contributed by atoms with Crippen molar-refractivity contribution in [3.05, 3.63) is 40.3 Å². The summed E-state index contributed by atoms with van der Waals surface area (Å²) < 4.78 is 23.0. The summed E-state index contributed by atoms with van der Waals surface area (Å²) in [6, 6.07) is 5.84. The number of anilines is 1. The highest BCUT2D eigenvalue weighted by molar-refractivity contribution is 7.90. The van der Waals surface area contributed by atoms with Crippen LogP contribution in [-0.2, 0) is 9.84 Å². The van der Waals surface area contributed by atoms with Gasteiger partial charge in [-0.2, -0.15) is 0 Å². The van der Waals surface area contributed by atoms with Gasteiger partial charge in [0.25, 0.3) is 5.91 Å². The van der Waals surface area contributed by atoms with Crippen LogP contribution in [-0.4, -0.2) is 25.6 Å². The van der Waals surface area contributed by atoms with E-state index in [1.807, 2.05) is 0 Å². The lowest BCUT2D eigenvalue weighted by Crippen LogP contribution is -2.13. The molecule has 0 bridgehead atoms. The van der Waals surface area contributed by atoms with Crippen molar-refractivity contribution < 1.29 is 13.2 Å². The normalized spacial score (nSPS) is 12.9. The first kappa shape index (κ1) is 15.6. The highest BCUT2D eigenvalue weighted by atomic mass is 32.2. The van der Waals surface area contributed by atoms with Crippen molar-refractivity contribution in [2.24, 2.45) is 5.73 Å². The largest absolute Gasteiger partial charge is 0.322 e. The Morgan fingerprint density at radius 2 is 2.14 bits per heavy atom. The monoisotopic (exact) mass is 325 g/mol. The van der Waals surface area contributed by atoms with Gasteiger partial charge in [-0.25, -0.2) is 13.4 Å². The molecule has 3 N–H and O–H groups in total. The van der Waals surface area contributed by atoms with E-state index < -0.39 is 15.7 Å². The summed E-state index contributed by atoms with van der Waals surface area (Å²) in [6.07, 6.45) is 1.11. The minimum absolute atomic E-state index is 0.148. The third-order valence-electron chi connectivity index (χ3n) is 2.66. The first-order chi connectivity index (χ1) is 9.77. The topological polar surface area (TPSA) is 102 Å². The predicted molar refractivity (Wildman–Crippen MR) is 82.2 cm³/mol. The van der Waals surface area contributed by atoms with Gasteiger partial charge in [0.15, 0.2) is 9.84 Å². The average Bonchev–Trinajstić information content (AvgIpc) is 2.88. The standard InChI is InChI=1S/C13H15N3O3S2/c1-8(14)13-16-11(7-20-13)12(17)15-9-4-3-5-10(6-9)21(2,18)19/h3-8H,14H2,1-2H3,(H,15,17). The van der Waals surface area contributed by atoms with Gasteiger partial charge < -0.3 is 11.1 Å². The number of aromatic nitrogens is 1. The molecular weight excluding hydrogens is 310 g/mol. The molecule has 0 spiro atoms. The second-order valence-corrected chi connectivity index (χ2v) is 7.52. The van der Waals surface area contributed by atoms with Crippen LogP contribution in [0.1, 0.15) is 28.5 Å². The van der Waals surface area contributed by atoms with Gasteiger partial charge in [-0.15, -0.1) is 11.3 Å². The molecule has 1 unspecified atom stereocenters. The molecule has 112 valence electrons. The summed E-state index contributed by atoms with van der Waals surface area (Å²) in [6.45, 7) is 1.79. The second-order valence-electron chi connectivity index (χ2n) is 4.61. The number of benzene rings is 1. The van der Waals surface area contributed by atoms with E-state index in [9.17, 15) is 13.2 Å². The van der Waals surface area contributed by atoms with Crippen LogP contribution in [0.2, 0.25) is 0 Å². The van der Waals surface area contributed by atoms with E-state index in [1.54, 1.807) is 24.4 Å². The van der Waals surface area contributed by atoms with E-state index in [4.69, 9.17) is 5.73 Å². The van der Waals surface area contributed by atoms with Crippen molar-refractivity contribution in [2.75, 3.05) is 11.6 Å². The van der Waals surface area contributed by atoms with E-state index in [0.717, 1.165) is 6.26 Å². The molecule has 0 saturated carbocycles. The summed E-state index contributed by atoms with van der Waals surface area (Å²) >= 11 is 1.31. The lowest BCUT2D eigenvalue weighted by molar-refractivity contribution is 0.102. The Morgan fingerprint density at radius 1 is 1.43 bits per heavy atom. The molecule has 8 heteroatoms. The number of nitrogens with one attached hydrogen (secondary N) is 1. The molecule has 2 rings (SSSR count). The SMILES string of the molecule is CC(N)c1nc(C(=O)Nc2cccc(S(C)(=O)=O)c2)cs1. The quantitative estimate of drug-likeness (QED) is 0.892. The van der Waals surface area contributed by atoms with Gasteiger partial charge >= 0.3 is 0 Å². The molecule has 6 nitrogen and oxygen atoms in total. The molecule has 0 aliphatic heterocycles. The van der Waals surface area contributed by atoms with Gasteiger partial charge in [0.05, 0.1) is 10.9 Å². The first-order valence-electron chi connectivity index (χ1n) is 6.10. The van der Waals surface area contributed by atoms with E-state index in [1.165, 1.54) is 23.5 Å². The van der Waals surface area contributed by atoms with Crippen LogP contribution in [0.3, 0.4) is 0 Å². The molecule has 0 saturated heterocycles. The van der Waals surface area contributed by atoms with Crippen LogP contribution in [0.15, 0.2) is 34.5 Å². The Labute approximate surface area is 126 Å². The summed E-state index contributed by atoms with van der Waals surface area (Å²) in [7, 11) is -3.31. The van der Waals surface area contributed by atoms with Crippen LogP contribution in [0.25, 0.3) is 0 Å². The Hall–Kier alpha value is -1.77. The molecule has 1 aromatic carbocycles. The maximum atomic E-state index is 12.1. The Balaban J connectivity index is 2.19. The van der Waals surface area contributed by atoms with Gasteiger partial charge in [-0.3, -0.25) is 4.79 Å². The Morgan fingerprint density at radius 3 is 2.71 bits per heavy atom. The number of rotatable bonds is 4. The summed E-state index contributed by atoms with van der Waals surface area (Å²) in [5.41, 5.74) is 6.36. The zero-order valence-corrected chi connectivity index (χ0v) is 13.2. The van der Waals surface area contributed by atoms with Gasteiger partial charge in [0.2, 0.25) is 0 Å². The minimum Gasteiger partial charge on any atom is -0.322 e. The molecule has 2 aromatic rings. The lowest BCUT2D eigenvalue weighted by atomic mass is 10.3. The maximum absolute atomic E-state index is 12.1. The Bertz CT molecular complexity index is 766. The van der Waals surface area contributed by atoms with Crippen molar-refractivity contribution in [1.29, 1.82) is 0 Å². The zero-order chi connectivity index (χ0) is 15.6. The highest BCUT2D eigenvalue weighted by Gasteiger charge is 2.14. The molecule has 0 fully saturated rings. The summed E-state index contributed by atoms with van der Waals surface area (Å²) in [4.78, 5) is 16.3. The number of hydrogen-bond donors (Lipinski definition) is 2. The predicted octanol–water partition coefficient (Wildman–Crippen LogP) is 1.82. The third kappa shape index (κ3) is 3.87. The smallest absolute Gasteiger partial charge is 0.275 e. The minimum atomic E-state index is -3.31. The van der Waals surface area contributed by atoms with Crippen molar-refractivity contribution in [1.82, 2.24) is 4.98 Å². The number of sulfone groups is 1. The highest BCUT2D eigenvalue weighted by Crippen LogP contribution is 2.19. The number of amides is 1. The van der Waals surface area contributed by atoms with Gasteiger partial charge in [-0.1, -0.05) is 6.07 Å². The lowest BCUT2D eigenvalue weighted by Gasteiger charge is -2.05. The fourth-order valence-corrected chi connectivity index (χ4v) is 3.03.